The molecule has 0 spiro atoms. The number of ether oxygens (including phenoxy) is 1. The molecule has 1 fully saturated rings. The van der Waals surface area contributed by atoms with E-state index in [0.29, 0.717) is 61.3 Å². The molecule has 2 aliphatic rings. The third-order valence-electron chi connectivity index (χ3n) is 5.53. The zero-order valence-corrected chi connectivity index (χ0v) is 17.3. The second-order valence-corrected chi connectivity index (χ2v) is 7.82. The summed E-state index contributed by atoms with van der Waals surface area (Å²) in [5.74, 6) is 0.213. The zero-order chi connectivity index (χ0) is 21.1. The van der Waals surface area contributed by atoms with E-state index < -0.39 is 0 Å². The fourth-order valence-electron chi connectivity index (χ4n) is 3.83. The van der Waals surface area contributed by atoms with Crippen LogP contribution in [0.4, 0.5) is 10.1 Å². The smallest absolute Gasteiger partial charge is 0.265 e. The van der Waals surface area contributed by atoms with E-state index >= 15 is 0 Å². The van der Waals surface area contributed by atoms with Gasteiger partial charge in [-0.3, -0.25) is 14.5 Å². The Morgan fingerprint density at radius 2 is 1.83 bits per heavy atom. The van der Waals surface area contributed by atoms with Crippen LogP contribution in [-0.4, -0.2) is 60.9 Å². The Morgan fingerprint density at radius 3 is 2.60 bits per heavy atom. The number of hydrogen-bond acceptors (Lipinski definition) is 4. The largest absolute Gasteiger partial charge is 0.482 e. The van der Waals surface area contributed by atoms with Crippen LogP contribution in [0.5, 0.6) is 5.75 Å². The summed E-state index contributed by atoms with van der Waals surface area (Å²) in [6.45, 7) is 3.17. The van der Waals surface area contributed by atoms with Crippen molar-refractivity contribution in [3.63, 3.8) is 0 Å². The first-order chi connectivity index (χ1) is 14.5. The lowest BCUT2D eigenvalue weighted by Crippen LogP contribution is -2.49. The molecule has 0 radical (unpaired) electrons. The van der Waals surface area contributed by atoms with Crippen molar-refractivity contribution >= 4 is 29.1 Å². The number of nitrogens with zero attached hydrogens (tertiary/aromatic N) is 3. The van der Waals surface area contributed by atoms with E-state index in [1.807, 2.05) is 24.3 Å². The van der Waals surface area contributed by atoms with Crippen molar-refractivity contribution in [3.05, 3.63) is 58.9 Å². The van der Waals surface area contributed by atoms with E-state index in [0.717, 1.165) is 0 Å². The Morgan fingerprint density at radius 1 is 1.07 bits per heavy atom. The first-order valence-corrected chi connectivity index (χ1v) is 10.4. The maximum Gasteiger partial charge on any atom is 0.265 e. The van der Waals surface area contributed by atoms with Crippen molar-refractivity contribution in [2.75, 3.05) is 44.2 Å². The number of amides is 2. The van der Waals surface area contributed by atoms with Gasteiger partial charge < -0.3 is 14.5 Å². The maximum absolute atomic E-state index is 14.0. The molecule has 30 heavy (non-hydrogen) atoms. The minimum Gasteiger partial charge on any atom is -0.482 e. The van der Waals surface area contributed by atoms with Gasteiger partial charge in [0.05, 0.1) is 5.69 Å². The van der Waals surface area contributed by atoms with Crippen molar-refractivity contribution < 1.29 is 18.7 Å². The minimum atomic E-state index is -0.309. The highest BCUT2D eigenvalue weighted by molar-refractivity contribution is 6.31. The zero-order valence-electron chi connectivity index (χ0n) is 16.5. The highest BCUT2D eigenvalue weighted by Gasteiger charge is 2.27. The van der Waals surface area contributed by atoms with E-state index in [1.165, 1.54) is 6.07 Å². The van der Waals surface area contributed by atoms with Gasteiger partial charge in [-0.05, 0) is 24.3 Å². The molecule has 8 heteroatoms. The average Bonchev–Trinajstić information content (AvgIpc) is 2.76. The molecule has 2 aromatic carbocycles. The molecule has 0 unspecified atom stereocenters. The van der Waals surface area contributed by atoms with Gasteiger partial charge in [0, 0.05) is 56.3 Å². The number of piperazine rings is 1. The highest BCUT2D eigenvalue weighted by Crippen LogP contribution is 2.31. The lowest BCUT2D eigenvalue weighted by molar-refractivity contribution is -0.132. The van der Waals surface area contributed by atoms with Crippen molar-refractivity contribution in [1.82, 2.24) is 9.80 Å². The van der Waals surface area contributed by atoms with Crippen LogP contribution in [-0.2, 0) is 16.1 Å². The first-order valence-electron chi connectivity index (χ1n) is 9.98. The second kappa shape index (κ2) is 9.02. The molecule has 0 saturated carbocycles. The number of hydrogen-bond donors (Lipinski definition) is 0. The molecule has 0 N–H and O–H groups in total. The Balaban J connectivity index is 1.29. The fourth-order valence-corrected chi connectivity index (χ4v) is 4.05. The van der Waals surface area contributed by atoms with E-state index in [-0.39, 0.29) is 30.7 Å². The summed E-state index contributed by atoms with van der Waals surface area (Å²) in [5, 5.41) is 0.420. The molecule has 1 saturated heterocycles. The van der Waals surface area contributed by atoms with Gasteiger partial charge in [-0.25, -0.2) is 4.39 Å². The van der Waals surface area contributed by atoms with Crippen LogP contribution in [0.15, 0.2) is 42.5 Å². The van der Waals surface area contributed by atoms with Crippen LogP contribution in [0, 0.1) is 5.82 Å². The van der Waals surface area contributed by atoms with Crippen LogP contribution in [0.25, 0.3) is 0 Å². The molecule has 0 bridgehead atoms. The van der Waals surface area contributed by atoms with E-state index in [4.69, 9.17) is 16.3 Å². The third kappa shape index (κ3) is 4.42. The number of anilines is 1. The molecule has 4 rings (SSSR count). The summed E-state index contributed by atoms with van der Waals surface area (Å²) in [6.07, 6.45) is 0.249. The summed E-state index contributed by atoms with van der Waals surface area (Å²) in [4.78, 5) is 30.4. The lowest BCUT2D eigenvalue weighted by atomic mass is 10.1. The van der Waals surface area contributed by atoms with E-state index in [2.05, 4.69) is 4.90 Å². The molecule has 0 aromatic heterocycles. The monoisotopic (exact) mass is 431 g/mol. The Kier molecular flexibility index (Phi) is 6.20. The number of carbonyl (C=O) groups excluding carboxylic acids is 2. The topological polar surface area (TPSA) is 53.1 Å². The van der Waals surface area contributed by atoms with Gasteiger partial charge in [0.15, 0.2) is 6.61 Å². The van der Waals surface area contributed by atoms with E-state index in [9.17, 15) is 14.0 Å². The normalized spacial score (nSPS) is 16.9. The van der Waals surface area contributed by atoms with Crippen molar-refractivity contribution in [1.29, 1.82) is 0 Å². The molecular weight excluding hydrogens is 409 g/mol. The van der Waals surface area contributed by atoms with Gasteiger partial charge in [-0.1, -0.05) is 29.8 Å². The van der Waals surface area contributed by atoms with Gasteiger partial charge in [0.2, 0.25) is 5.91 Å². The van der Waals surface area contributed by atoms with Gasteiger partial charge in [-0.15, -0.1) is 0 Å². The van der Waals surface area contributed by atoms with Gasteiger partial charge in [-0.2, -0.15) is 0 Å². The van der Waals surface area contributed by atoms with Gasteiger partial charge >= 0.3 is 0 Å². The van der Waals surface area contributed by atoms with Crippen molar-refractivity contribution in [2.45, 2.75) is 13.0 Å². The van der Waals surface area contributed by atoms with Crippen LogP contribution < -0.4 is 9.64 Å². The minimum absolute atomic E-state index is 0.00958. The summed E-state index contributed by atoms with van der Waals surface area (Å²) in [6, 6.07) is 12.0. The van der Waals surface area contributed by atoms with Crippen LogP contribution >= 0.6 is 11.6 Å². The number of rotatable bonds is 5. The molecule has 2 amide bonds. The number of halogens is 2. The highest BCUT2D eigenvalue weighted by atomic mass is 35.5. The third-order valence-corrected chi connectivity index (χ3v) is 5.88. The molecule has 2 aromatic rings. The number of benzene rings is 2. The summed E-state index contributed by atoms with van der Waals surface area (Å²) < 4.78 is 19.4. The van der Waals surface area contributed by atoms with Crippen LogP contribution in [0.1, 0.15) is 12.0 Å². The fraction of sp³-hybridized carbons (Fsp3) is 0.364. The van der Waals surface area contributed by atoms with Crippen LogP contribution in [0.2, 0.25) is 5.02 Å². The average molecular weight is 432 g/mol. The predicted octanol–water partition coefficient (Wildman–Crippen LogP) is 2.94. The van der Waals surface area contributed by atoms with Crippen LogP contribution in [0.3, 0.4) is 0 Å². The second-order valence-electron chi connectivity index (χ2n) is 7.41. The number of para-hydroxylation sites is 2. The SMILES string of the molecule is O=C(CCN1C(=O)COc2ccccc21)N1CCN(Cc2c(F)cccc2Cl)CC1. The predicted molar refractivity (Wildman–Crippen MR) is 112 cm³/mol. The molecule has 0 atom stereocenters. The molecule has 0 aliphatic carbocycles. The molecule has 6 nitrogen and oxygen atoms in total. The summed E-state index contributed by atoms with van der Waals surface area (Å²) >= 11 is 6.12. The van der Waals surface area contributed by atoms with E-state index in [1.54, 1.807) is 21.9 Å². The standard InChI is InChI=1S/C22H23ClFN3O3/c23-17-4-3-5-18(24)16(17)14-25-10-12-26(13-11-25)21(28)8-9-27-19-6-1-2-7-20(19)30-15-22(27)29/h1-7H,8-15H2. The van der Waals surface area contributed by atoms with Crippen molar-refractivity contribution in [3.8, 4) is 5.75 Å². The number of carbonyl (C=O) groups is 2. The Hall–Kier alpha value is -2.64. The quantitative estimate of drug-likeness (QED) is 0.730. The molecule has 158 valence electrons. The Bertz CT molecular complexity index is 927. The van der Waals surface area contributed by atoms with Crippen molar-refractivity contribution in [2.24, 2.45) is 0 Å². The Labute approximate surface area is 179 Å². The molecular formula is C22H23ClFN3O3. The van der Waals surface area contributed by atoms with Gasteiger partial charge in [0.25, 0.3) is 5.91 Å². The number of fused-ring (bicyclic) bond motifs is 1. The maximum atomic E-state index is 14.0. The first kappa shape index (κ1) is 20.6. The molecule has 2 heterocycles. The van der Waals surface area contributed by atoms with Gasteiger partial charge in [0.1, 0.15) is 11.6 Å². The molecule has 2 aliphatic heterocycles. The summed E-state index contributed by atoms with van der Waals surface area (Å²) in [5.41, 5.74) is 1.19. The lowest BCUT2D eigenvalue weighted by Gasteiger charge is -2.35. The summed E-state index contributed by atoms with van der Waals surface area (Å²) in [7, 11) is 0.